The summed E-state index contributed by atoms with van der Waals surface area (Å²) in [7, 11) is 0. The topological polar surface area (TPSA) is 3.24 Å². The molecule has 0 N–H and O–H groups in total. The van der Waals surface area contributed by atoms with Crippen LogP contribution in [0.4, 0.5) is 5.69 Å². The molecule has 0 saturated carbocycles. The van der Waals surface area contributed by atoms with E-state index in [-0.39, 0.29) is 0 Å². The van der Waals surface area contributed by atoms with Gasteiger partial charge in [0, 0.05) is 29.7 Å². The first-order valence-corrected chi connectivity index (χ1v) is 8.42. The van der Waals surface area contributed by atoms with E-state index in [0.717, 1.165) is 24.0 Å². The quantitative estimate of drug-likeness (QED) is 0.630. The molecule has 112 valence electrons. The van der Waals surface area contributed by atoms with Crippen LogP contribution in [0.15, 0.2) is 18.2 Å². The maximum atomic E-state index is 6.17. The minimum atomic E-state index is 0.402. The van der Waals surface area contributed by atoms with Crippen LogP contribution < -0.4 is 4.90 Å². The molecule has 1 unspecified atom stereocenters. The lowest BCUT2D eigenvalue weighted by Crippen LogP contribution is -2.26. The Morgan fingerprint density at radius 1 is 1.20 bits per heavy atom. The summed E-state index contributed by atoms with van der Waals surface area (Å²) in [5.41, 5.74) is 2.81. The molecule has 1 nitrogen and oxygen atoms in total. The smallest absolute Gasteiger partial charge is 0.0494 e. The number of halogens is 2. The number of alkyl halides is 1. The van der Waals surface area contributed by atoms with Crippen LogP contribution in [0.5, 0.6) is 0 Å². The number of hydrogen-bond acceptors (Lipinski definition) is 1. The monoisotopic (exact) mass is 313 g/mol. The molecule has 2 rings (SSSR count). The molecule has 1 aromatic rings. The van der Waals surface area contributed by atoms with Crippen molar-refractivity contribution in [1.82, 2.24) is 0 Å². The lowest BCUT2D eigenvalue weighted by atomic mass is 9.77. The van der Waals surface area contributed by atoms with Gasteiger partial charge in [0.2, 0.25) is 0 Å². The molecule has 1 aliphatic heterocycles. The van der Waals surface area contributed by atoms with Gasteiger partial charge in [-0.3, -0.25) is 0 Å². The molecule has 0 aliphatic carbocycles. The Labute approximate surface area is 133 Å². The van der Waals surface area contributed by atoms with E-state index in [1.54, 1.807) is 0 Å². The maximum Gasteiger partial charge on any atom is 0.0494 e. The van der Waals surface area contributed by atoms with E-state index in [9.17, 15) is 0 Å². The molecule has 0 bridgehead atoms. The number of benzene rings is 1. The molecule has 1 aliphatic rings. The van der Waals surface area contributed by atoms with Crippen molar-refractivity contribution in [3.8, 4) is 0 Å². The Bertz CT molecular complexity index is 451. The van der Waals surface area contributed by atoms with Gasteiger partial charge in [-0.25, -0.2) is 0 Å². The molecular formula is C17H25Cl2N. The molecular weight excluding hydrogens is 289 g/mol. The molecule has 0 amide bonds. The highest BCUT2D eigenvalue weighted by Crippen LogP contribution is 2.36. The van der Waals surface area contributed by atoms with Gasteiger partial charge < -0.3 is 4.90 Å². The lowest BCUT2D eigenvalue weighted by Gasteiger charge is -2.30. The lowest BCUT2D eigenvalue weighted by molar-refractivity contribution is 0.220. The van der Waals surface area contributed by atoms with Crippen LogP contribution in [0.2, 0.25) is 5.02 Å². The number of rotatable bonds is 2. The van der Waals surface area contributed by atoms with E-state index in [1.807, 2.05) is 6.07 Å². The van der Waals surface area contributed by atoms with Crippen LogP contribution in [0, 0.1) is 11.3 Å². The van der Waals surface area contributed by atoms with E-state index in [0.29, 0.717) is 11.3 Å². The van der Waals surface area contributed by atoms with Crippen molar-refractivity contribution < 1.29 is 0 Å². The molecule has 0 spiro atoms. The summed E-state index contributed by atoms with van der Waals surface area (Å²) in [6.45, 7) is 9.29. The van der Waals surface area contributed by atoms with Crippen LogP contribution in [0.1, 0.15) is 45.6 Å². The van der Waals surface area contributed by atoms with Crippen molar-refractivity contribution in [1.29, 1.82) is 0 Å². The first kappa shape index (κ1) is 16.0. The number of hydrogen-bond donors (Lipinski definition) is 0. The molecule has 0 aromatic heterocycles. The summed E-state index contributed by atoms with van der Waals surface area (Å²) in [6.07, 6.45) is 3.81. The van der Waals surface area contributed by atoms with Crippen LogP contribution in [-0.4, -0.2) is 13.1 Å². The van der Waals surface area contributed by atoms with Gasteiger partial charge in [0.15, 0.2) is 0 Å². The molecule has 20 heavy (non-hydrogen) atoms. The maximum absolute atomic E-state index is 6.17. The van der Waals surface area contributed by atoms with Crippen molar-refractivity contribution in [3.63, 3.8) is 0 Å². The zero-order valence-corrected chi connectivity index (χ0v) is 14.3. The minimum Gasteiger partial charge on any atom is -0.371 e. The molecule has 1 fully saturated rings. The Kier molecular flexibility index (Phi) is 5.25. The highest BCUT2D eigenvalue weighted by atomic mass is 35.5. The minimum absolute atomic E-state index is 0.402. The summed E-state index contributed by atoms with van der Waals surface area (Å²) < 4.78 is 0. The first-order valence-electron chi connectivity index (χ1n) is 7.51. The number of anilines is 1. The van der Waals surface area contributed by atoms with Crippen molar-refractivity contribution in [2.75, 3.05) is 18.0 Å². The predicted molar refractivity (Wildman–Crippen MR) is 90.0 cm³/mol. The van der Waals surface area contributed by atoms with Gasteiger partial charge in [0.1, 0.15) is 0 Å². The van der Waals surface area contributed by atoms with Gasteiger partial charge in [-0.2, -0.15) is 0 Å². The Morgan fingerprint density at radius 2 is 1.95 bits per heavy atom. The van der Waals surface area contributed by atoms with Crippen LogP contribution in [0.25, 0.3) is 0 Å². The third-order valence-electron chi connectivity index (χ3n) is 4.48. The van der Waals surface area contributed by atoms with Gasteiger partial charge >= 0.3 is 0 Å². The van der Waals surface area contributed by atoms with E-state index in [4.69, 9.17) is 23.2 Å². The summed E-state index contributed by atoms with van der Waals surface area (Å²) >= 11 is 12.2. The average molecular weight is 314 g/mol. The second-order valence-electron chi connectivity index (χ2n) is 6.89. The zero-order valence-electron chi connectivity index (χ0n) is 12.8. The van der Waals surface area contributed by atoms with Crippen molar-refractivity contribution in [3.05, 3.63) is 28.8 Å². The second kappa shape index (κ2) is 6.58. The molecule has 3 heteroatoms. The highest BCUT2D eigenvalue weighted by molar-refractivity contribution is 6.31. The molecule has 1 heterocycles. The predicted octanol–water partition coefficient (Wildman–Crippen LogP) is 5.73. The summed E-state index contributed by atoms with van der Waals surface area (Å²) in [4.78, 5) is 2.47. The summed E-state index contributed by atoms with van der Waals surface area (Å²) in [5, 5.41) is 0.797. The van der Waals surface area contributed by atoms with Gasteiger partial charge in [-0.1, -0.05) is 38.4 Å². The van der Waals surface area contributed by atoms with Gasteiger partial charge in [-0.05, 0) is 48.3 Å². The fraction of sp³-hybridized carbons (Fsp3) is 0.647. The Balaban J connectivity index is 2.16. The molecule has 0 radical (unpaired) electrons. The Morgan fingerprint density at radius 3 is 2.60 bits per heavy atom. The summed E-state index contributed by atoms with van der Waals surface area (Å²) in [6, 6.07) is 6.05. The van der Waals surface area contributed by atoms with E-state index in [1.165, 1.54) is 30.5 Å². The van der Waals surface area contributed by atoms with Gasteiger partial charge in [0.05, 0.1) is 0 Å². The number of nitrogens with zero attached hydrogens (tertiary/aromatic N) is 1. The van der Waals surface area contributed by atoms with Crippen molar-refractivity contribution in [2.45, 2.75) is 45.9 Å². The third kappa shape index (κ3) is 3.83. The third-order valence-corrected chi connectivity index (χ3v) is 5.01. The highest BCUT2D eigenvalue weighted by Gasteiger charge is 2.27. The standard InChI is InChI=1S/C17H25Cl2N/c1-17(2,3)14-5-4-9-20(10-8-14)16-11-15(19)7-6-13(16)12-18/h6-7,11,14H,4-5,8-10,12H2,1-3H3. The van der Waals surface area contributed by atoms with Crippen LogP contribution >= 0.6 is 23.2 Å². The fourth-order valence-electron chi connectivity index (χ4n) is 3.15. The molecule has 1 saturated heterocycles. The fourth-order valence-corrected chi connectivity index (χ4v) is 3.54. The second-order valence-corrected chi connectivity index (χ2v) is 7.59. The first-order chi connectivity index (χ1) is 9.41. The van der Waals surface area contributed by atoms with Crippen molar-refractivity contribution >= 4 is 28.9 Å². The van der Waals surface area contributed by atoms with Crippen LogP contribution in [0.3, 0.4) is 0 Å². The van der Waals surface area contributed by atoms with Crippen molar-refractivity contribution in [2.24, 2.45) is 11.3 Å². The Hall–Kier alpha value is -0.400. The van der Waals surface area contributed by atoms with E-state index >= 15 is 0 Å². The van der Waals surface area contributed by atoms with Gasteiger partial charge in [0.25, 0.3) is 0 Å². The molecule has 1 aromatic carbocycles. The van der Waals surface area contributed by atoms with E-state index < -0.39 is 0 Å². The summed E-state index contributed by atoms with van der Waals surface area (Å²) in [5.74, 6) is 1.34. The van der Waals surface area contributed by atoms with Gasteiger partial charge in [-0.15, -0.1) is 11.6 Å². The largest absolute Gasteiger partial charge is 0.371 e. The van der Waals surface area contributed by atoms with E-state index in [2.05, 4.69) is 37.8 Å². The zero-order chi connectivity index (χ0) is 14.8. The normalized spacial score (nSPS) is 20.9. The SMILES string of the molecule is CC(C)(C)C1CCCN(c2cc(Cl)ccc2CCl)CC1. The van der Waals surface area contributed by atoms with Crippen LogP contribution in [-0.2, 0) is 5.88 Å². The molecule has 1 atom stereocenters. The average Bonchev–Trinajstić information content (AvgIpc) is 2.63.